The van der Waals surface area contributed by atoms with Crippen molar-refractivity contribution in [3.63, 3.8) is 0 Å². The number of anilines is 1. The van der Waals surface area contributed by atoms with Crippen LogP contribution in [-0.4, -0.2) is 71.6 Å². The highest BCUT2D eigenvalue weighted by molar-refractivity contribution is 7.84. The summed E-state index contributed by atoms with van der Waals surface area (Å²) in [4.78, 5) is 45.2. The van der Waals surface area contributed by atoms with Crippen LogP contribution in [-0.2, 0) is 34.3 Å². The highest BCUT2D eigenvalue weighted by atomic mass is 32.2. The number of amides is 2. The second-order valence-electron chi connectivity index (χ2n) is 5.13. The van der Waals surface area contributed by atoms with E-state index in [-0.39, 0.29) is 27.4 Å². The molecule has 2 rings (SSSR count). The molecular formula is C13H15N5O8S2. The number of esters is 1. The van der Waals surface area contributed by atoms with Crippen LogP contribution in [0.15, 0.2) is 23.2 Å². The van der Waals surface area contributed by atoms with Crippen LogP contribution in [0, 0.1) is 0 Å². The quantitative estimate of drug-likeness (QED) is 0.0810. The minimum Gasteiger partial charge on any atom is -0.467 e. The molecule has 0 spiro atoms. The first-order valence-electron chi connectivity index (χ1n) is 7.33. The molecule has 1 fully saturated rings. The van der Waals surface area contributed by atoms with Gasteiger partial charge in [-0.05, 0) is 0 Å². The van der Waals surface area contributed by atoms with E-state index in [9.17, 15) is 22.8 Å². The number of carbonyl (C=O) groups is 3. The Bertz CT molecular complexity index is 940. The summed E-state index contributed by atoms with van der Waals surface area (Å²) in [6.45, 7) is 3.38. The molecule has 0 unspecified atom stereocenters. The molecule has 0 saturated carbocycles. The van der Waals surface area contributed by atoms with Crippen molar-refractivity contribution in [2.75, 3.05) is 19.5 Å². The van der Waals surface area contributed by atoms with E-state index in [0.29, 0.717) is 0 Å². The number of methoxy groups -OCH3 is 1. The molecule has 1 aromatic rings. The molecule has 2 amide bonds. The summed E-state index contributed by atoms with van der Waals surface area (Å²) in [7, 11) is -4.09. The molecule has 1 aliphatic rings. The van der Waals surface area contributed by atoms with Crippen molar-refractivity contribution >= 4 is 50.3 Å². The van der Waals surface area contributed by atoms with Crippen molar-refractivity contribution < 1.29 is 36.9 Å². The lowest BCUT2D eigenvalue weighted by Crippen LogP contribution is -2.74. The standard InChI is InChI=1S/C13H15N5O8S2/c1-3-4-26-17-7(6-5-27-13(14)15-6)10(19)16-8-9(12(21)25-2)18(11(8)20)28(22,23)24/h3,5,8-9H,1,4H2,2H3,(H2,14,15)(H,16,19)(H,22,23,24)/t8-,9-/m0/s1. The van der Waals surface area contributed by atoms with Gasteiger partial charge in [0.05, 0.1) is 7.11 Å². The Morgan fingerprint density at radius 3 is 2.75 bits per heavy atom. The normalized spacial score (nSPS) is 19.6. The third-order valence-electron chi connectivity index (χ3n) is 3.36. The van der Waals surface area contributed by atoms with Crippen LogP contribution in [0.25, 0.3) is 0 Å². The van der Waals surface area contributed by atoms with E-state index in [1.165, 1.54) is 11.5 Å². The second kappa shape index (κ2) is 8.32. The van der Waals surface area contributed by atoms with Crippen LogP contribution in [0.4, 0.5) is 5.13 Å². The number of β-lactam (4-membered cyclic amide) rings is 1. The van der Waals surface area contributed by atoms with E-state index in [2.05, 4.69) is 26.8 Å². The van der Waals surface area contributed by atoms with Crippen LogP contribution >= 0.6 is 11.3 Å². The van der Waals surface area contributed by atoms with Gasteiger partial charge in [0.15, 0.2) is 16.9 Å². The van der Waals surface area contributed by atoms with Gasteiger partial charge in [0.25, 0.3) is 11.8 Å². The van der Waals surface area contributed by atoms with E-state index in [0.717, 1.165) is 18.4 Å². The van der Waals surface area contributed by atoms with Crippen molar-refractivity contribution in [3.8, 4) is 0 Å². The molecule has 0 aliphatic carbocycles. The van der Waals surface area contributed by atoms with Gasteiger partial charge in [-0.15, -0.1) is 11.3 Å². The Kier molecular flexibility index (Phi) is 6.32. The maximum atomic E-state index is 12.6. The summed E-state index contributed by atoms with van der Waals surface area (Å²) in [6.07, 6.45) is 1.36. The van der Waals surface area contributed by atoms with Gasteiger partial charge in [0, 0.05) is 5.38 Å². The van der Waals surface area contributed by atoms with Gasteiger partial charge >= 0.3 is 16.3 Å². The summed E-state index contributed by atoms with van der Waals surface area (Å²) in [5, 5.41) is 7.28. The van der Waals surface area contributed by atoms with E-state index >= 15 is 0 Å². The zero-order valence-electron chi connectivity index (χ0n) is 14.3. The van der Waals surface area contributed by atoms with E-state index < -0.39 is 40.2 Å². The number of thiazole rings is 1. The second-order valence-corrected chi connectivity index (χ2v) is 7.31. The minimum absolute atomic E-state index is 0.0251. The molecule has 1 aliphatic heterocycles. The maximum Gasteiger partial charge on any atom is 0.363 e. The Morgan fingerprint density at radius 1 is 1.57 bits per heavy atom. The molecule has 28 heavy (non-hydrogen) atoms. The number of aromatic nitrogens is 1. The van der Waals surface area contributed by atoms with Gasteiger partial charge in [-0.3, -0.25) is 14.1 Å². The highest BCUT2D eigenvalue weighted by Gasteiger charge is 2.58. The number of rotatable bonds is 8. The molecule has 1 saturated heterocycles. The van der Waals surface area contributed by atoms with Crippen molar-refractivity contribution in [2.24, 2.45) is 5.16 Å². The molecule has 1 aromatic heterocycles. The molecule has 2 heterocycles. The Morgan fingerprint density at radius 2 is 2.25 bits per heavy atom. The number of ether oxygens (including phenoxy) is 1. The average molecular weight is 433 g/mol. The van der Waals surface area contributed by atoms with Gasteiger partial charge < -0.3 is 20.6 Å². The molecule has 152 valence electrons. The predicted molar refractivity (Wildman–Crippen MR) is 95.3 cm³/mol. The molecule has 13 nitrogen and oxygen atoms in total. The lowest BCUT2D eigenvalue weighted by molar-refractivity contribution is -0.162. The van der Waals surface area contributed by atoms with Gasteiger partial charge in [0.1, 0.15) is 18.3 Å². The monoisotopic (exact) mass is 433 g/mol. The SMILES string of the molecule is C=CCON=C(C(=O)N[C@@H]1C(=O)N(S(=O)(=O)O)[C@@H]1C(=O)OC)c1csc(N)n1. The summed E-state index contributed by atoms with van der Waals surface area (Å²) < 4.78 is 36.0. The van der Waals surface area contributed by atoms with Crippen LogP contribution < -0.4 is 11.1 Å². The molecule has 4 N–H and O–H groups in total. The first kappa shape index (κ1) is 21.3. The third kappa shape index (κ3) is 4.26. The fourth-order valence-electron chi connectivity index (χ4n) is 2.18. The lowest BCUT2D eigenvalue weighted by atomic mass is 9.98. The molecule has 0 bridgehead atoms. The molecule has 2 atom stereocenters. The summed E-state index contributed by atoms with van der Waals surface area (Å²) >= 11 is 1.01. The number of carbonyl (C=O) groups excluding carboxylic acids is 3. The third-order valence-corrected chi connectivity index (χ3v) is 4.94. The fourth-order valence-corrected chi connectivity index (χ4v) is 3.56. The largest absolute Gasteiger partial charge is 0.467 e. The number of oxime groups is 1. The van der Waals surface area contributed by atoms with Gasteiger partial charge in [0.2, 0.25) is 0 Å². The molecule has 0 aromatic carbocycles. The van der Waals surface area contributed by atoms with Crippen molar-refractivity contribution in [1.29, 1.82) is 0 Å². The summed E-state index contributed by atoms with van der Waals surface area (Å²) in [5.41, 5.74) is 5.17. The zero-order valence-corrected chi connectivity index (χ0v) is 15.9. The van der Waals surface area contributed by atoms with E-state index in [1.807, 2.05) is 0 Å². The molecule has 0 radical (unpaired) electrons. The number of nitrogens with two attached hydrogens (primary N) is 1. The Hall–Kier alpha value is -3.04. The lowest BCUT2D eigenvalue weighted by Gasteiger charge is -2.41. The van der Waals surface area contributed by atoms with E-state index in [1.54, 1.807) is 0 Å². The Balaban J connectivity index is 2.28. The maximum absolute atomic E-state index is 12.6. The number of nitrogens with zero attached hydrogens (tertiary/aromatic N) is 3. The topological polar surface area (TPSA) is 191 Å². The molecular weight excluding hydrogens is 418 g/mol. The summed E-state index contributed by atoms with van der Waals surface area (Å²) in [6, 6.07) is -3.41. The number of nitrogen functional groups attached to an aromatic ring is 1. The van der Waals surface area contributed by atoms with Gasteiger partial charge in [-0.1, -0.05) is 17.8 Å². The number of hydrogen-bond acceptors (Lipinski definition) is 11. The van der Waals surface area contributed by atoms with Crippen molar-refractivity contribution in [2.45, 2.75) is 12.1 Å². The van der Waals surface area contributed by atoms with E-state index in [4.69, 9.17) is 15.1 Å². The van der Waals surface area contributed by atoms with Crippen molar-refractivity contribution in [1.82, 2.24) is 14.6 Å². The Labute approximate surface area is 162 Å². The zero-order chi connectivity index (χ0) is 21.1. The average Bonchev–Trinajstić information content (AvgIpc) is 3.04. The summed E-state index contributed by atoms with van der Waals surface area (Å²) in [5.74, 6) is -3.41. The number of nitrogens with one attached hydrogen (secondary N) is 1. The van der Waals surface area contributed by atoms with Crippen LogP contribution in [0.3, 0.4) is 0 Å². The van der Waals surface area contributed by atoms with Gasteiger partial charge in [-0.25, -0.2) is 9.78 Å². The van der Waals surface area contributed by atoms with Crippen LogP contribution in [0.5, 0.6) is 0 Å². The predicted octanol–water partition coefficient (Wildman–Crippen LogP) is -1.70. The first-order valence-corrected chi connectivity index (χ1v) is 9.61. The molecule has 15 heteroatoms. The van der Waals surface area contributed by atoms with Crippen LogP contribution in [0.2, 0.25) is 0 Å². The minimum atomic E-state index is -5.04. The van der Waals surface area contributed by atoms with Crippen molar-refractivity contribution in [3.05, 3.63) is 23.7 Å². The smallest absolute Gasteiger partial charge is 0.363 e. The fraction of sp³-hybridized carbons (Fsp3) is 0.308. The van der Waals surface area contributed by atoms with Gasteiger partial charge in [-0.2, -0.15) is 12.7 Å². The first-order chi connectivity index (χ1) is 13.1. The van der Waals surface area contributed by atoms with Crippen LogP contribution in [0.1, 0.15) is 5.69 Å². The highest BCUT2D eigenvalue weighted by Crippen LogP contribution is 2.25. The number of hydrogen-bond donors (Lipinski definition) is 3.